The molecule has 0 atom stereocenters. The van der Waals surface area contributed by atoms with E-state index in [-0.39, 0.29) is 17.2 Å². The highest BCUT2D eigenvalue weighted by atomic mass is 32.2. The highest BCUT2D eigenvalue weighted by molar-refractivity contribution is 7.97. The highest BCUT2D eigenvalue weighted by Crippen LogP contribution is 2.37. The first-order valence-corrected chi connectivity index (χ1v) is 12.1. The van der Waals surface area contributed by atoms with Gasteiger partial charge in [0.2, 0.25) is 5.91 Å². The number of pyridine rings is 1. The van der Waals surface area contributed by atoms with Crippen LogP contribution in [0.2, 0.25) is 0 Å². The molecule has 0 bridgehead atoms. The maximum absolute atomic E-state index is 12.0. The van der Waals surface area contributed by atoms with Crippen molar-refractivity contribution >= 4 is 34.8 Å². The monoisotopic (exact) mass is 486 g/mol. The number of hydrogen-bond acceptors (Lipinski definition) is 7. The van der Waals surface area contributed by atoms with E-state index in [1.54, 1.807) is 13.1 Å². The van der Waals surface area contributed by atoms with Gasteiger partial charge in [-0.1, -0.05) is 31.0 Å². The molecule has 0 aliphatic carbocycles. The highest BCUT2D eigenvalue weighted by Gasteiger charge is 2.32. The molecule has 182 valence electrons. The average Bonchev–Trinajstić information content (AvgIpc) is 3.29. The third-order valence-electron chi connectivity index (χ3n) is 6.18. The number of benzene rings is 1. The van der Waals surface area contributed by atoms with Gasteiger partial charge in [0.05, 0.1) is 12.0 Å². The van der Waals surface area contributed by atoms with Crippen LogP contribution in [0, 0.1) is 5.41 Å². The number of H-pyrrole nitrogens is 1. The van der Waals surface area contributed by atoms with Crippen LogP contribution in [0.3, 0.4) is 0 Å². The summed E-state index contributed by atoms with van der Waals surface area (Å²) in [6.45, 7) is 5.97. The van der Waals surface area contributed by atoms with Gasteiger partial charge in [0.1, 0.15) is 11.4 Å². The minimum Gasteiger partial charge on any atom is -0.492 e. The number of piperidine rings is 1. The molecular formula is C24H30N4O5S. The van der Waals surface area contributed by atoms with E-state index in [0.717, 1.165) is 53.8 Å². The van der Waals surface area contributed by atoms with Crippen molar-refractivity contribution in [1.82, 2.24) is 19.6 Å². The molecule has 3 heterocycles. The normalized spacial score (nSPS) is 14.8. The van der Waals surface area contributed by atoms with Crippen LogP contribution >= 0.6 is 11.9 Å². The fraction of sp³-hybridized carbons (Fsp3) is 0.375. The number of ether oxygens (including phenoxy) is 1. The standard InChI is InChI=1S/C24H28N4O3S.H2O2/c1-16(29)28-12-9-24(2,10-13-28)15-31-20-8-11-25-22-21(20)19(14-26-22)17-4-6-18(7-5-17)23(30)27-32-3;1-2/h4-8,11,14H,9-10,12-13,15H2,1-3H3,(H,25,26)(H,27,30);1-2H. The molecule has 4 rings (SSSR count). The lowest BCUT2D eigenvalue weighted by atomic mass is 9.81. The minimum absolute atomic E-state index is 0.0182. The number of carbonyl (C=O) groups excluding carboxylic acids is 2. The second-order valence-corrected chi connectivity index (χ2v) is 9.17. The van der Waals surface area contributed by atoms with Crippen molar-refractivity contribution in [2.24, 2.45) is 5.41 Å². The molecule has 2 amide bonds. The van der Waals surface area contributed by atoms with E-state index in [2.05, 4.69) is 21.6 Å². The van der Waals surface area contributed by atoms with Crippen molar-refractivity contribution in [3.8, 4) is 16.9 Å². The van der Waals surface area contributed by atoms with Gasteiger partial charge in [0.15, 0.2) is 0 Å². The van der Waals surface area contributed by atoms with Crippen LogP contribution in [0.4, 0.5) is 0 Å². The molecule has 0 radical (unpaired) electrons. The second-order valence-electron chi connectivity index (χ2n) is 8.55. The number of amides is 2. The summed E-state index contributed by atoms with van der Waals surface area (Å²) in [5, 5.41) is 12.9. The average molecular weight is 487 g/mol. The Kier molecular flexibility index (Phi) is 8.54. The van der Waals surface area contributed by atoms with E-state index in [0.29, 0.717) is 12.2 Å². The number of aromatic amines is 1. The number of aromatic nitrogens is 2. The van der Waals surface area contributed by atoms with Crippen molar-refractivity contribution in [1.29, 1.82) is 0 Å². The van der Waals surface area contributed by atoms with E-state index in [1.807, 2.05) is 47.7 Å². The predicted octanol–water partition coefficient (Wildman–Crippen LogP) is 4.28. The van der Waals surface area contributed by atoms with Gasteiger partial charge >= 0.3 is 0 Å². The van der Waals surface area contributed by atoms with Crippen LogP contribution in [0.25, 0.3) is 22.2 Å². The number of likely N-dealkylation sites (tertiary alicyclic amines) is 1. The number of carbonyl (C=O) groups is 2. The summed E-state index contributed by atoms with van der Waals surface area (Å²) in [6, 6.07) is 9.41. The molecular weight excluding hydrogens is 456 g/mol. The zero-order chi connectivity index (χ0) is 24.7. The van der Waals surface area contributed by atoms with Crippen LogP contribution in [0.5, 0.6) is 5.75 Å². The van der Waals surface area contributed by atoms with Crippen molar-refractivity contribution in [2.45, 2.75) is 26.7 Å². The Balaban J connectivity index is 0.00000158. The van der Waals surface area contributed by atoms with Gasteiger partial charge in [-0.05, 0) is 36.6 Å². The summed E-state index contributed by atoms with van der Waals surface area (Å²) in [6.07, 6.45) is 7.32. The Morgan fingerprint density at radius 1 is 1.21 bits per heavy atom. The maximum Gasteiger partial charge on any atom is 0.261 e. The molecule has 0 saturated carbocycles. The summed E-state index contributed by atoms with van der Waals surface area (Å²) in [5.41, 5.74) is 3.36. The van der Waals surface area contributed by atoms with Crippen molar-refractivity contribution in [2.75, 3.05) is 26.0 Å². The first-order chi connectivity index (χ1) is 16.4. The lowest BCUT2D eigenvalue weighted by molar-refractivity contribution is -0.176. The van der Waals surface area contributed by atoms with Gasteiger partial charge in [-0.25, -0.2) is 4.98 Å². The summed E-state index contributed by atoms with van der Waals surface area (Å²) < 4.78 is 9.08. The van der Waals surface area contributed by atoms with Crippen molar-refractivity contribution in [3.63, 3.8) is 0 Å². The molecule has 1 aromatic carbocycles. The van der Waals surface area contributed by atoms with E-state index in [9.17, 15) is 9.59 Å². The molecule has 9 nitrogen and oxygen atoms in total. The molecule has 2 aromatic heterocycles. The fourth-order valence-electron chi connectivity index (χ4n) is 4.09. The van der Waals surface area contributed by atoms with Gasteiger partial charge in [-0.15, -0.1) is 0 Å². The van der Waals surface area contributed by atoms with Gasteiger partial charge in [0, 0.05) is 55.2 Å². The maximum atomic E-state index is 12.0. The van der Waals surface area contributed by atoms with Gasteiger partial charge in [-0.2, -0.15) is 0 Å². The number of rotatable bonds is 6. The van der Waals surface area contributed by atoms with Crippen LogP contribution in [-0.4, -0.2) is 63.1 Å². The predicted molar refractivity (Wildman–Crippen MR) is 133 cm³/mol. The van der Waals surface area contributed by atoms with Crippen LogP contribution < -0.4 is 9.46 Å². The Hall–Kier alpha value is -3.08. The summed E-state index contributed by atoms with van der Waals surface area (Å²) >= 11 is 1.28. The largest absolute Gasteiger partial charge is 0.492 e. The number of fused-ring (bicyclic) bond motifs is 1. The number of nitrogens with one attached hydrogen (secondary N) is 2. The first-order valence-electron chi connectivity index (χ1n) is 10.9. The lowest BCUT2D eigenvalue weighted by Gasteiger charge is -2.38. The fourth-order valence-corrected chi connectivity index (χ4v) is 4.39. The molecule has 1 saturated heterocycles. The third kappa shape index (κ3) is 5.69. The Morgan fingerprint density at radius 3 is 2.50 bits per heavy atom. The van der Waals surface area contributed by atoms with Gasteiger partial charge in [-0.3, -0.25) is 24.8 Å². The van der Waals surface area contributed by atoms with E-state index in [4.69, 9.17) is 15.3 Å². The Labute approximate surface area is 202 Å². The van der Waals surface area contributed by atoms with Crippen molar-refractivity contribution < 1.29 is 24.8 Å². The summed E-state index contributed by atoms with van der Waals surface area (Å²) in [7, 11) is 0. The van der Waals surface area contributed by atoms with Gasteiger partial charge < -0.3 is 14.6 Å². The zero-order valence-corrected chi connectivity index (χ0v) is 20.3. The molecule has 0 spiro atoms. The Morgan fingerprint density at radius 2 is 1.88 bits per heavy atom. The molecule has 1 aliphatic heterocycles. The lowest BCUT2D eigenvalue weighted by Crippen LogP contribution is -2.43. The van der Waals surface area contributed by atoms with Crippen LogP contribution in [0.1, 0.15) is 37.0 Å². The van der Waals surface area contributed by atoms with Gasteiger partial charge in [0.25, 0.3) is 5.91 Å². The first kappa shape index (κ1) is 25.5. The quantitative estimate of drug-likeness (QED) is 0.233. The third-order valence-corrected chi connectivity index (χ3v) is 6.57. The van der Waals surface area contributed by atoms with E-state index in [1.165, 1.54) is 11.9 Å². The number of hydrogen-bond donors (Lipinski definition) is 4. The molecule has 4 N–H and O–H groups in total. The van der Waals surface area contributed by atoms with E-state index >= 15 is 0 Å². The molecule has 34 heavy (non-hydrogen) atoms. The SMILES string of the molecule is CSNC(=O)c1ccc(-c2c[nH]c3nccc(OCC4(C)CCN(C(C)=O)CC4)c23)cc1.OO. The molecule has 10 heteroatoms. The number of nitrogens with zero attached hydrogens (tertiary/aromatic N) is 2. The molecule has 3 aromatic rings. The minimum atomic E-state index is -0.113. The summed E-state index contributed by atoms with van der Waals surface area (Å²) in [4.78, 5) is 33.3. The molecule has 1 aliphatic rings. The topological polar surface area (TPSA) is 128 Å². The smallest absolute Gasteiger partial charge is 0.261 e. The van der Waals surface area contributed by atoms with Crippen LogP contribution in [0.15, 0.2) is 42.7 Å². The molecule has 1 fully saturated rings. The van der Waals surface area contributed by atoms with E-state index < -0.39 is 0 Å². The van der Waals surface area contributed by atoms with Crippen molar-refractivity contribution in [3.05, 3.63) is 48.3 Å². The van der Waals surface area contributed by atoms with Crippen LogP contribution in [-0.2, 0) is 4.79 Å². The molecule has 0 unspecified atom stereocenters. The zero-order valence-electron chi connectivity index (χ0n) is 19.5. The Bertz CT molecular complexity index is 1120. The summed E-state index contributed by atoms with van der Waals surface area (Å²) in [5.74, 6) is 0.807. The second kappa shape index (κ2) is 11.4.